The molecule has 12 heteroatoms. The van der Waals surface area contributed by atoms with Crippen LogP contribution in [0.15, 0.2) is 58.6 Å². The normalized spacial score (nSPS) is 12.3. The van der Waals surface area contributed by atoms with Crippen LogP contribution < -0.4 is 4.72 Å². The van der Waals surface area contributed by atoms with Crippen molar-refractivity contribution in [2.75, 3.05) is 0 Å². The van der Waals surface area contributed by atoms with Gasteiger partial charge in [-0.25, -0.2) is 13.1 Å². The second kappa shape index (κ2) is 9.60. The third-order valence-corrected chi connectivity index (χ3v) is 6.98. The number of aromatic nitrogens is 3. The molecule has 31 heavy (non-hydrogen) atoms. The Balaban J connectivity index is 1.69. The number of nitrogens with zero attached hydrogens (tertiary/aromatic N) is 3. The third kappa shape index (κ3) is 6.00. The molecule has 6 nitrogen and oxygen atoms in total. The van der Waals surface area contributed by atoms with Crippen LogP contribution in [0.25, 0.3) is 0 Å². The van der Waals surface area contributed by atoms with E-state index < -0.39 is 21.8 Å². The lowest BCUT2D eigenvalue weighted by Gasteiger charge is -2.10. The fourth-order valence-electron chi connectivity index (χ4n) is 2.72. The molecule has 1 heterocycles. The topological polar surface area (TPSA) is 76.9 Å². The van der Waals surface area contributed by atoms with E-state index in [1.54, 1.807) is 10.6 Å². The molecule has 0 saturated carbocycles. The number of hydrogen-bond donors (Lipinski definition) is 1. The Morgan fingerprint density at radius 1 is 1.13 bits per heavy atom. The number of nitrogens with one attached hydrogen (secondary N) is 1. The van der Waals surface area contributed by atoms with Crippen molar-refractivity contribution in [1.82, 2.24) is 19.5 Å². The predicted molar refractivity (Wildman–Crippen MR) is 112 cm³/mol. The van der Waals surface area contributed by atoms with Crippen molar-refractivity contribution >= 4 is 33.4 Å². The summed E-state index contributed by atoms with van der Waals surface area (Å²) in [5.74, 6) is 0.657. The highest BCUT2D eigenvalue weighted by molar-refractivity contribution is 7.98. The van der Waals surface area contributed by atoms with Gasteiger partial charge in [0.05, 0.1) is 17.0 Å². The summed E-state index contributed by atoms with van der Waals surface area (Å²) in [6.45, 7) is 2.22. The molecule has 0 saturated heterocycles. The summed E-state index contributed by atoms with van der Waals surface area (Å²) in [6, 6.07) is 10.8. The summed E-state index contributed by atoms with van der Waals surface area (Å²) in [7, 11) is -3.77. The van der Waals surface area contributed by atoms with Crippen LogP contribution in [-0.4, -0.2) is 23.2 Å². The molecule has 166 valence electrons. The molecule has 0 aliphatic rings. The third-order valence-electron chi connectivity index (χ3n) is 4.28. The van der Waals surface area contributed by atoms with E-state index in [1.807, 2.05) is 6.92 Å². The van der Waals surface area contributed by atoms with E-state index in [4.69, 9.17) is 11.6 Å². The monoisotopic (exact) mass is 490 g/mol. The van der Waals surface area contributed by atoms with Gasteiger partial charge in [0.25, 0.3) is 0 Å². The highest BCUT2D eigenvalue weighted by Gasteiger charge is 2.30. The standard InChI is InChI=1S/C19H18ClF3N4O2S2/c1-2-27-17(11-24-31(28,29)16-8-6-15(20)7-9-16)25-26-18(27)30-12-13-4-3-5-14(10-13)19(21,22)23/h3-10,24H,2,11-12H2,1H3. The van der Waals surface area contributed by atoms with Crippen LogP contribution in [0.5, 0.6) is 0 Å². The van der Waals surface area contributed by atoms with E-state index >= 15 is 0 Å². The van der Waals surface area contributed by atoms with Gasteiger partial charge in [0, 0.05) is 17.3 Å². The van der Waals surface area contributed by atoms with Crippen LogP contribution in [0.2, 0.25) is 5.02 Å². The quantitative estimate of drug-likeness (QED) is 0.461. The van der Waals surface area contributed by atoms with Gasteiger partial charge in [-0.2, -0.15) is 13.2 Å². The number of alkyl halides is 3. The van der Waals surface area contributed by atoms with Gasteiger partial charge < -0.3 is 4.57 Å². The number of thioether (sulfide) groups is 1. The van der Waals surface area contributed by atoms with Gasteiger partial charge in [-0.3, -0.25) is 0 Å². The SMILES string of the molecule is CCn1c(CNS(=O)(=O)c2ccc(Cl)cc2)nnc1SCc1cccc(C(F)(F)F)c1. The van der Waals surface area contributed by atoms with Gasteiger partial charge in [0.2, 0.25) is 10.0 Å². The summed E-state index contributed by atoms with van der Waals surface area (Å²) < 4.78 is 67.7. The molecule has 2 aromatic carbocycles. The number of sulfonamides is 1. The van der Waals surface area contributed by atoms with Crippen molar-refractivity contribution in [2.45, 2.75) is 42.0 Å². The van der Waals surface area contributed by atoms with Crippen molar-refractivity contribution < 1.29 is 21.6 Å². The number of benzene rings is 2. The van der Waals surface area contributed by atoms with E-state index in [-0.39, 0.29) is 17.2 Å². The molecule has 3 aromatic rings. The molecule has 0 atom stereocenters. The molecular weight excluding hydrogens is 473 g/mol. The maximum Gasteiger partial charge on any atom is 0.416 e. The molecule has 0 unspecified atom stereocenters. The average Bonchev–Trinajstić information content (AvgIpc) is 3.12. The molecule has 1 aromatic heterocycles. The van der Waals surface area contributed by atoms with E-state index in [9.17, 15) is 21.6 Å². The molecule has 0 amide bonds. The lowest BCUT2D eigenvalue weighted by Crippen LogP contribution is -2.25. The Labute approximate surface area is 186 Å². The second-order valence-corrected chi connectivity index (χ2v) is 9.55. The number of hydrogen-bond acceptors (Lipinski definition) is 5. The maximum absolute atomic E-state index is 12.9. The van der Waals surface area contributed by atoms with Crippen molar-refractivity contribution in [3.8, 4) is 0 Å². The zero-order valence-electron chi connectivity index (χ0n) is 16.2. The van der Waals surface area contributed by atoms with Crippen LogP contribution in [0.1, 0.15) is 23.9 Å². The van der Waals surface area contributed by atoms with Crippen LogP contribution in [0, 0.1) is 0 Å². The first-order chi connectivity index (χ1) is 14.6. The molecule has 0 spiro atoms. The van der Waals surface area contributed by atoms with Crippen LogP contribution in [-0.2, 0) is 35.0 Å². The smallest absolute Gasteiger partial charge is 0.305 e. The molecule has 0 bridgehead atoms. The molecule has 0 aliphatic heterocycles. The van der Waals surface area contributed by atoms with E-state index in [0.717, 1.165) is 12.1 Å². The number of halogens is 4. The van der Waals surface area contributed by atoms with Gasteiger partial charge in [-0.1, -0.05) is 41.6 Å². The second-order valence-electron chi connectivity index (χ2n) is 6.41. The van der Waals surface area contributed by atoms with Crippen LogP contribution in [0.4, 0.5) is 13.2 Å². The summed E-state index contributed by atoms with van der Waals surface area (Å²) in [4.78, 5) is 0.0682. The van der Waals surface area contributed by atoms with E-state index in [0.29, 0.717) is 28.1 Å². The minimum Gasteiger partial charge on any atom is -0.305 e. The summed E-state index contributed by atoms with van der Waals surface area (Å²) >= 11 is 7.01. The average molecular weight is 491 g/mol. The first-order valence-corrected chi connectivity index (χ1v) is 11.9. The summed E-state index contributed by atoms with van der Waals surface area (Å²) in [6.07, 6.45) is -4.40. The Bertz CT molecular complexity index is 1150. The fraction of sp³-hybridized carbons (Fsp3) is 0.263. The highest BCUT2D eigenvalue weighted by atomic mass is 35.5. The van der Waals surface area contributed by atoms with Gasteiger partial charge in [0.15, 0.2) is 5.16 Å². The highest BCUT2D eigenvalue weighted by Crippen LogP contribution is 2.31. The minimum absolute atomic E-state index is 0.0682. The summed E-state index contributed by atoms with van der Waals surface area (Å²) in [5, 5.41) is 9.00. The van der Waals surface area contributed by atoms with Crippen LogP contribution in [0.3, 0.4) is 0 Å². The Kier molecular flexibility index (Phi) is 7.30. The van der Waals surface area contributed by atoms with Crippen molar-refractivity contribution in [2.24, 2.45) is 0 Å². The van der Waals surface area contributed by atoms with Crippen molar-refractivity contribution in [1.29, 1.82) is 0 Å². The first-order valence-electron chi connectivity index (χ1n) is 9.06. The maximum atomic E-state index is 12.9. The van der Waals surface area contributed by atoms with Gasteiger partial charge in [0.1, 0.15) is 5.82 Å². The van der Waals surface area contributed by atoms with Gasteiger partial charge >= 0.3 is 6.18 Å². The molecule has 0 aliphatic carbocycles. The fourth-order valence-corrected chi connectivity index (χ4v) is 4.79. The molecule has 0 radical (unpaired) electrons. The van der Waals surface area contributed by atoms with E-state index in [1.165, 1.54) is 42.1 Å². The van der Waals surface area contributed by atoms with Crippen LogP contribution >= 0.6 is 23.4 Å². The van der Waals surface area contributed by atoms with Crippen molar-refractivity contribution in [3.05, 3.63) is 70.5 Å². The van der Waals surface area contributed by atoms with E-state index in [2.05, 4.69) is 14.9 Å². The summed E-state index contributed by atoms with van der Waals surface area (Å²) in [5.41, 5.74) is -0.213. The zero-order valence-corrected chi connectivity index (χ0v) is 18.6. The Morgan fingerprint density at radius 3 is 2.48 bits per heavy atom. The molecule has 1 N–H and O–H groups in total. The lowest BCUT2D eigenvalue weighted by atomic mass is 10.1. The Hall–Kier alpha value is -2.08. The molecule has 3 rings (SSSR count). The largest absolute Gasteiger partial charge is 0.416 e. The van der Waals surface area contributed by atoms with Gasteiger partial charge in [-0.15, -0.1) is 10.2 Å². The van der Waals surface area contributed by atoms with Gasteiger partial charge in [-0.05, 0) is 42.8 Å². The Morgan fingerprint density at radius 2 is 1.84 bits per heavy atom. The minimum atomic E-state index is -4.40. The number of rotatable bonds is 8. The predicted octanol–water partition coefficient (Wildman–Crippen LogP) is 4.74. The van der Waals surface area contributed by atoms with Crippen molar-refractivity contribution in [3.63, 3.8) is 0 Å². The molecular formula is C19H18ClF3N4O2S2. The first kappa shape index (κ1) is 23.6. The zero-order chi connectivity index (χ0) is 22.6. The molecule has 0 fully saturated rings. The lowest BCUT2D eigenvalue weighted by molar-refractivity contribution is -0.137.